The maximum absolute atomic E-state index is 13.8. The maximum Gasteiger partial charge on any atom is 0.167 e. The van der Waals surface area contributed by atoms with Crippen LogP contribution in [-0.2, 0) is 0 Å². The minimum atomic E-state index is -0.421. The van der Waals surface area contributed by atoms with E-state index in [4.69, 9.17) is 22.7 Å². The van der Waals surface area contributed by atoms with Crippen LogP contribution in [-0.4, -0.2) is 11.6 Å². The molecule has 0 aromatic heterocycles. The molecule has 0 radical (unpaired) electrons. The van der Waals surface area contributed by atoms with Crippen LogP contribution in [0.2, 0.25) is 0 Å². The Morgan fingerprint density at radius 3 is 2.71 bits per heavy atom. The Bertz CT molecular complexity index is 679. The number of hydrogen-bond donors (Lipinski definition) is 2. The van der Waals surface area contributed by atoms with Crippen LogP contribution in [0.25, 0.3) is 0 Å². The van der Waals surface area contributed by atoms with E-state index in [1.54, 1.807) is 12.1 Å². The molecule has 0 aliphatic heterocycles. The van der Waals surface area contributed by atoms with Crippen molar-refractivity contribution in [2.75, 3.05) is 11.9 Å². The van der Waals surface area contributed by atoms with Crippen LogP contribution in [0.4, 0.5) is 15.8 Å². The molecule has 3 N–H and O–H groups in total. The van der Waals surface area contributed by atoms with E-state index in [1.807, 2.05) is 25.1 Å². The van der Waals surface area contributed by atoms with Gasteiger partial charge in [-0.25, -0.2) is 4.39 Å². The summed E-state index contributed by atoms with van der Waals surface area (Å²) in [6.07, 6.45) is 0. The van der Waals surface area contributed by atoms with Crippen LogP contribution >= 0.6 is 28.1 Å². The summed E-state index contributed by atoms with van der Waals surface area (Å²) in [4.78, 5) is 0.269. The van der Waals surface area contributed by atoms with E-state index in [0.717, 1.165) is 4.47 Å². The van der Waals surface area contributed by atoms with E-state index in [9.17, 15) is 4.39 Å². The van der Waals surface area contributed by atoms with Gasteiger partial charge in [0.1, 0.15) is 4.99 Å². The number of rotatable bonds is 5. The van der Waals surface area contributed by atoms with Crippen molar-refractivity contribution in [3.63, 3.8) is 0 Å². The van der Waals surface area contributed by atoms with Crippen LogP contribution in [0.15, 0.2) is 40.9 Å². The largest absolute Gasteiger partial charge is 0.491 e. The van der Waals surface area contributed by atoms with Crippen molar-refractivity contribution < 1.29 is 9.13 Å². The Balaban J connectivity index is 2.30. The Hall–Kier alpha value is -1.66. The van der Waals surface area contributed by atoms with Gasteiger partial charge in [-0.2, -0.15) is 0 Å². The predicted octanol–water partition coefficient (Wildman–Crippen LogP) is 4.36. The lowest BCUT2D eigenvalue weighted by Crippen LogP contribution is -2.12. The lowest BCUT2D eigenvalue weighted by Gasteiger charge is -2.13. The molecular formula is C15H14BrFN2OS. The van der Waals surface area contributed by atoms with E-state index < -0.39 is 5.82 Å². The second-order valence-corrected chi connectivity index (χ2v) is 5.61. The molecule has 0 aliphatic carbocycles. The van der Waals surface area contributed by atoms with E-state index in [1.165, 1.54) is 6.07 Å². The number of halogens is 2. The fourth-order valence-corrected chi connectivity index (χ4v) is 2.37. The summed E-state index contributed by atoms with van der Waals surface area (Å²) in [6, 6.07) is 10.2. The summed E-state index contributed by atoms with van der Waals surface area (Å²) in [5.41, 5.74) is 7.71. The SMILES string of the molecule is CCOc1ccc(Nc2ccc(Br)cc2C(N)=S)cc1F. The molecule has 0 heterocycles. The third-order valence-electron chi connectivity index (χ3n) is 2.76. The molecule has 3 nitrogen and oxygen atoms in total. The summed E-state index contributed by atoms with van der Waals surface area (Å²) >= 11 is 8.40. The van der Waals surface area contributed by atoms with Crippen molar-refractivity contribution in [1.82, 2.24) is 0 Å². The molecule has 2 aromatic rings. The summed E-state index contributed by atoms with van der Waals surface area (Å²) in [7, 11) is 0. The van der Waals surface area contributed by atoms with E-state index in [2.05, 4.69) is 21.2 Å². The summed E-state index contributed by atoms with van der Waals surface area (Å²) in [5, 5.41) is 3.11. The maximum atomic E-state index is 13.8. The highest BCUT2D eigenvalue weighted by Crippen LogP contribution is 2.27. The Labute approximate surface area is 136 Å². The molecule has 0 atom stereocenters. The molecule has 110 valence electrons. The van der Waals surface area contributed by atoms with Crippen molar-refractivity contribution in [1.29, 1.82) is 0 Å². The topological polar surface area (TPSA) is 47.3 Å². The average molecular weight is 369 g/mol. The molecule has 0 aliphatic rings. The molecule has 21 heavy (non-hydrogen) atoms. The average Bonchev–Trinajstić information content (AvgIpc) is 2.44. The van der Waals surface area contributed by atoms with Gasteiger partial charge in [0, 0.05) is 27.5 Å². The van der Waals surface area contributed by atoms with Crippen molar-refractivity contribution in [2.24, 2.45) is 5.73 Å². The number of nitrogens with one attached hydrogen (secondary N) is 1. The first-order chi connectivity index (χ1) is 10.0. The lowest BCUT2D eigenvalue weighted by molar-refractivity contribution is 0.321. The van der Waals surface area contributed by atoms with Gasteiger partial charge in [0.2, 0.25) is 0 Å². The van der Waals surface area contributed by atoms with Gasteiger partial charge in [-0.3, -0.25) is 0 Å². The number of anilines is 2. The second kappa shape index (κ2) is 6.87. The number of ether oxygens (including phenoxy) is 1. The number of thiocarbonyl (C=S) groups is 1. The number of benzene rings is 2. The second-order valence-electron chi connectivity index (χ2n) is 4.26. The van der Waals surface area contributed by atoms with Crippen molar-refractivity contribution in [3.8, 4) is 5.75 Å². The minimum absolute atomic E-state index is 0.230. The number of nitrogens with two attached hydrogens (primary N) is 1. The molecule has 0 unspecified atom stereocenters. The van der Waals surface area contributed by atoms with Gasteiger partial charge >= 0.3 is 0 Å². The van der Waals surface area contributed by atoms with Crippen molar-refractivity contribution >= 4 is 44.5 Å². The standard InChI is InChI=1S/C15H14BrFN2OS/c1-2-20-14-6-4-10(8-12(14)17)19-13-5-3-9(16)7-11(13)15(18)21/h3-8,19H,2H2,1H3,(H2,18,21). The lowest BCUT2D eigenvalue weighted by atomic mass is 10.1. The molecule has 0 saturated carbocycles. The van der Waals surface area contributed by atoms with E-state index >= 15 is 0 Å². The van der Waals surface area contributed by atoms with Gasteiger partial charge in [0.15, 0.2) is 11.6 Å². The smallest absolute Gasteiger partial charge is 0.167 e. The molecule has 0 bridgehead atoms. The van der Waals surface area contributed by atoms with Crippen LogP contribution in [0.1, 0.15) is 12.5 Å². The van der Waals surface area contributed by atoms with Crippen LogP contribution in [0.3, 0.4) is 0 Å². The summed E-state index contributed by atoms with van der Waals surface area (Å²) < 4.78 is 19.9. The van der Waals surface area contributed by atoms with Crippen LogP contribution in [0, 0.1) is 5.82 Å². The third kappa shape index (κ3) is 3.92. The molecule has 0 amide bonds. The van der Waals surface area contributed by atoms with E-state index in [-0.39, 0.29) is 10.7 Å². The van der Waals surface area contributed by atoms with Gasteiger partial charge in [0.25, 0.3) is 0 Å². The zero-order valence-corrected chi connectivity index (χ0v) is 13.7. The number of hydrogen-bond acceptors (Lipinski definition) is 3. The molecule has 0 spiro atoms. The molecular weight excluding hydrogens is 355 g/mol. The van der Waals surface area contributed by atoms with Gasteiger partial charge in [-0.1, -0.05) is 28.1 Å². The Morgan fingerprint density at radius 1 is 1.33 bits per heavy atom. The molecule has 0 saturated heterocycles. The van der Waals surface area contributed by atoms with Crippen LogP contribution in [0.5, 0.6) is 5.75 Å². The molecule has 2 aromatic carbocycles. The Morgan fingerprint density at radius 2 is 2.10 bits per heavy atom. The highest BCUT2D eigenvalue weighted by molar-refractivity contribution is 9.10. The first-order valence-corrected chi connectivity index (χ1v) is 7.50. The zero-order valence-electron chi connectivity index (χ0n) is 11.3. The van der Waals surface area contributed by atoms with Gasteiger partial charge < -0.3 is 15.8 Å². The first-order valence-electron chi connectivity index (χ1n) is 6.30. The third-order valence-corrected chi connectivity index (χ3v) is 3.47. The fourth-order valence-electron chi connectivity index (χ4n) is 1.84. The zero-order chi connectivity index (χ0) is 15.4. The van der Waals surface area contributed by atoms with Gasteiger partial charge in [-0.15, -0.1) is 0 Å². The highest BCUT2D eigenvalue weighted by atomic mass is 79.9. The van der Waals surface area contributed by atoms with Crippen LogP contribution < -0.4 is 15.8 Å². The van der Waals surface area contributed by atoms with Crippen molar-refractivity contribution in [2.45, 2.75) is 6.92 Å². The molecule has 0 fully saturated rings. The fraction of sp³-hybridized carbons (Fsp3) is 0.133. The van der Waals surface area contributed by atoms with Gasteiger partial charge in [-0.05, 0) is 37.3 Å². The molecule has 6 heteroatoms. The Kier molecular flexibility index (Phi) is 5.14. The van der Waals surface area contributed by atoms with E-state index in [0.29, 0.717) is 23.5 Å². The quantitative estimate of drug-likeness (QED) is 0.769. The van der Waals surface area contributed by atoms with Gasteiger partial charge in [0.05, 0.1) is 6.61 Å². The minimum Gasteiger partial charge on any atom is -0.491 e. The molecule has 2 rings (SSSR count). The summed E-state index contributed by atoms with van der Waals surface area (Å²) in [6.45, 7) is 2.23. The first kappa shape index (κ1) is 15.7. The monoisotopic (exact) mass is 368 g/mol. The highest BCUT2D eigenvalue weighted by Gasteiger charge is 2.09. The normalized spacial score (nSPS) is 10.2. The predicted molar refractivity (Wildman–Crippen MR) is 90.9 cm³/mol. The summed E-state index contributed by atoms with van der Waals surface area (Å²) in [5.74, 6) is -0.190. The van der Waals surface area contributed by atoms with Crippen molar-refractivity contribution in [3.05, 3.63) is 52.3 Å².